The summed E-state index contributed by atoms with van der Waals surface area (Å²) in [5.74, 6) is 0.127. The third-order valence-electron chi connectivity index (χ3n) is 3.93. The molecule has 0 bridgehead atoms. The molecule has 3 rings (SSSR count). The average molecular weight is 281 g/mol. The molecule has 2 aromatic rings. The monoisotopic (exact) mass is 281 g/mol. The van der Waals surface area contributed by atoms with Crippen molar-refractivity contribution in [3.05, 3.63) is 54.4 Å². The van der Waals surface area contributed by atoms with Crippen molar-refractivity contribution in [2.75, 3.05) is 36.0 Å². The Morgan fingerprint density at radius 3 is 2.24 bits per heavy atom. The van der Waals surface area contributed by atoms with Gasteiger partial charge in [0.15, 0.2) is 5.78 Å². The second kappa shape index (κ2) is 5.95. The maximum Gasteiger partial charge on any atom is 0.161 e. The number of benzene rings is 1. The van der Waals surface area contributed by atoms with E-state index in [9.17, 15) is 4.79 Å². The Labute approximate surface area is 125 Å². The second-order valence-corrected chi connectivity index (χ2v) is 5.25. The quantitative estimate of drug-likeness (QED) is 0.810. The van der Waals surface area contributed by atoms with Crippen LogP contribution in [0.3, 0.4) is 0 Å². The molecule has 0 saturated carbocycles. The van der Waals surface area contributed by atoms with Crippen LogP contribution in [0.4, 0.5) is 11.4 Å². The molecular weight excluding hydrogens is 262 g/mol. The van der Waals surface area contributed by atoms with Crippen molar-refractivity contribution in [1.82, 2.24) is 4.98 Å². The zero-order chi connectivity index (χ0) is 14.7. The second-order valence-electron chi connectivity index (χ2n) is 5.25. The summed E-state index contributed by atoms with van der Waals surface area (Å²) in [6.45, 7) is 5.39. The van der Waals surface area contributed by atoms with Gasteiger partial charge in [0.1, 0.15) is 0 Å². The van der Waals surface area contributed by atoms with E-state index in [1.165, 1.54) is 5.69 Å². The lowest BCUT2D eigenvalue weighted by Crippen LogP contribution is -2.46. The first kappa shape index (κ1) is 13.6. The van der Waals surface area contributed by atoms with Crippen LogP contribution in [0, 0.1) is 0 Å². The van der Waals surface area contributed by atoms with E-state index in [1.807, 2.05) is 48.8 Å². The van der Waals surface area contributed by atoms with E-state index < -0.39 is 0 Å². The SMILES string of the molecule is CC(=O)c1ccccc1N1CCN(c2ccncc2)CC1. The predicted octanol–water partition coefficient (Wildman–Crippen LogP) is 2.61. The van der Waals surface area contributed by atoms with Gasteiger partial charge in [-0.05, 0) is 31.2 Å². The molecule has 0 unspecified atom stereocenters. The van der Waals surface area contributed by atoms with E-state index >= 15 is 0 Å². The van der Waals surface area contributed by atoms with Crippen LogP contribution in [-0.2, 0) is 0 Å². The van der Waals surface area contributed by atoms with Crippen molar-refractivity contribution in [3.63, 3.8) is 0 Å². The summed E-state index contributed by atoms with van der Waals surface area (Å²) in [7, 11) is 0. The Hall–Kier alpha value is -2.36. The zero-order valence-corrected chi connectivity index (χ0v) is 12.2. The lowest BCUT2D eigenvalue weighted by molar-refractivity contribution is 0.101. The van der Waals surface area contributed by atoms with Crippen LogP contribution in [-0.4, -0.2) is 36.9 Å². The van der Waals surface area contributed by atoms with Crippen LogP contribution in [0.15, 0.2) is 48.8 Å². The molecule has 0 radical (unpaired) electrons. The topological polar surface area (TPSA) is 36.4 Å². The highest BCUT2D eigenvalue weighted by Gasteiger charge is 2.20. The fourth-order valence-corrected chi connectivity index (χ4v) is 2.81. The molecule has 1 aliphatic heterocycles. The molecule has 2 heterocycles. The van der Waals surface area contributed by atoms with Crippen LogP contribution < -0.4 is 9.80 Å². The molecule has 1 saturated heterocycles. The van der Waals surface area contributed by atoms with Gasteiger partial charge in [-0.15, -0.1) is 0 Å². The van der Waals surface area contributed by atoms with Crippen LogP contribution in [0.5, 0.6) is 0 Å². The number of rotatable bonds is 3. The minimum Gasteiger partial charge on any atom is -0.368 e. The van der Waals surface area contributed by atoms with Gasteiger partial charge in [-0.2, -0.15) is 0 Å². The number of para-hydroxylation sites is 1. The Kier molecular flexibility index (Phi) is 3.86. The lowest BCUT2D eigenvalue weighted by atomic mass is 10.1. The fraction of sp³-hybridized carbons (Fsp3) is 0.294. The number of piperazine rings is 1. The Bertz CT molecular complexity index is 619. The molecule has 1 fully saturated rings. The average Bonchev–Trinajstić information content (AvgIpc) is 2.56. The van der Waals surface area contributed by atoms with Gasteiger partial charge >= 0.3 is 0 Å². The molecule has 1 aromatic carbocycles. The number of aromatic nitrogens is 1. The molecule has 21 heavy (non-hydrogen) atoms. The molecule has 0 amide bonds. The molecular formula is C17H19N3O. The van der Waals surface area contributed by atoms with E-state index in [2.05, 4.69) is 14.8 Å². The number of anilines is 2. The molecule has 4 heteroatoms. The van der Waals surface area contributed by atoms with Crippen LogP contribution in [0.25, 0.3) is 0 Å². The first-order chi connectivity index (χ1) is 10.3. The lowest BCUT2D eigenvalue weighted by Gasteiger charge is -2.38. The normalized spacial score (nSPS) is 15.1. The van der Waals surface area contributed by atoms with Gasteiger partial charge in [-0.25, -0.2) is 0 Å². The van der Waals surface area contributed by atoms with E-state index in [1.54, 1.807) is 6.92 Å². The number of pyridine rings is 1. The molecule has 0 spiro atoms. The summed E-state index contributed by atoms with van der Waals surface area (Å²) in [6.07, 6.45) is 3.65. The number of hydrogen-bond donors (Lipinski definition) is 0. The Morgan fingerprint density at radius 2 is 1.57 bits per heavy atom. The molecule has 0 aliphatic carbocycles. The van der Waals surface area contributed by atoms with Crippen molar-refractivity contribution >= 4 is 17.2 Å². The van der Waals surface area contributed by atoms with E-state index in [0.29, 0.717) is 0 Å². The van der Waals surface area contributed by atoms with Crippen LogP contribution in [0.2, 0.25) is 0 Å². The third kappa shape index (κ3) is 2.89. The number of carbonyl (C=O) groups is 1. The number of carbonyl (C=O) groups excluding carboxylic acids is 1. The number of Topliss-reactive ketones (excluding diaryl/α,β-unsaturated/α-hetero) is 1. The maximum absolute atomic E-state index is 11.8. The number of hydrogen-bond acceptors (Lipinski definition) is 4. The highest BCUT2D eigenvalue weighted by Crippen LogP contribution is 2.23. The largest absolute Gasteiger partial charge is 0.368 e. The summed E-state index contributed by atoms with van der Waals surface area (Å²) in [6, 6.07) is 12.0. The smallest absolute Gasteiger partial charge is 0.161 e. The predicted molar refractivity (Wildman–Crippen MR) is 85.1 cm³/mol. The molecule has 0 atom stereocenters. The Balaban J connectivity index is 1.73. The van der Waals surface area contributed by atoms with Gasteiger partial charge in [0.2, 0.25) is 0 Å². The summed E-state index contributed by atoms with van der Waals surface area (Å²) in [4.78, 5) is 20.5. The van der Waals surface area contributed by atoms with Crippen LogP contribution >= 0.6 is 0 Å². The molecule has 1 aromatic heterocycles. The summed E-state index contributed by atoms with van der Waals surface area (Å²) in [5.41, 5.74) is 3.08. The number of nitrogens with zero attached hydrogens (tertiary/aromatic N) is 3. The van der Waals surface area contributed by atoms with Gasteiger partial charge in [0, 0.05) is 55.5 Å². The van der Waals surface area contributed by atoms with Gasteiger partial charge < -0.3 is 9.80 Å². The van der Waals surface area contributed by atoms with Crippen molar-refractivity contribution in [2.45, 2.75) is 6.92 Å². The summed E-state index contributed by atoms with van der Waals surface area (Å²) >= 11 is 0. The zero-order valence-electron chi connectivity index (χ0n) is 12.2. The first-order valence-corrected chi connectivity index (χ1v) is 7.25. The fourth-order valence-electron chi connectivity index (χ4n) is 2.81. The summed E-state index contributed by atoms with van der Waals surface area (Å²) < 4.78 is 0. The minimum absolute atomic E-state index is 0.127. The summed E-state index contributed by atoms with van der Waals surface area (Å²) in [5, 5.41) is 0. The molecule has 0 N–H and O–H groups in total. The highest BCUT2D eigenvalue weighted by atomic mass is 16.1. The molecule has 108 valence electrons. The van der Waals surface area contributed by atoms with E-state index in [4.69, 9.17) is 0 Å². The third-order valence-corrected chi connectivity index (χ3v) is 3.93. The van der Waals surface area contributed by atoms with Crippen molar-refractivity contribution in [3.8, 4) is 0 Å². The standard InChI is InChI=1S/C17H19N3O/c1-14(21)16-4-2-3-5-17(16)20-12-10-19(11-13-20)15-6-8-18-9-7-15/h2-9H,10-13H2,1H3. The van der Waals surface area contributed by atoms with Crippen molar-refractivity contribution in [2.24, 2.45) is 0 Å². The van der Waals surface area contributed by atoms with Gasteiger partial charge in [0.25, 0.3) is 0 Å². The number of ketones is 1. The highest BCUT2D eigenvalue weighted by molar-refractivity contribution is 5.99. The van der Waals surface area contributed by atoms with Gasteiger partial charge in [0.05, 0.1) is 0 Å². The minimum atomic E-state index is 0.127. The van der Waals surface area contributed by atoms with Crippen molar-refractivity contribution < 1.29 is 4.79 Å². The van der Waals surface area contributed by atoms with Crippen LogP contribution in [0.1, 0.15) is 17.3 Å². The molecule has 4 nitrogen and oxygen atoms in total. The van der Waals surface area contributed by atoms with Gasteiger partial charge in [-0.3, -0.25) is 9.78 Å². The van der Waals surface area contributed by atoms with Crippen molar-refractivity contribution in [1.29, 1.82) is 0 Å². The Morgan fingerprint density at radius 1 is 0.952 bits per heavy atom. The van der Waals surface area contributed by atoms with E-state index in [-0.39, 0.29) is 5.78 Å². The first-order valence-electron chi connectivity index (χ1n) is 7.25. The van der Waals surface area contributed by atoms with E-state index in [0.717, 1.165) is 37.4 Å². The molecule has 1 aliphatic rings. The van der Waals surface area contributed by atoms with Gasteiger partial charge in [-0.1, -0.05) is 12.1 Å². The maximum atomic E-state index is 11.8.